The normalized spacial score (nSPS) is 10.4. The van der Waals surface area contributed by atoms with Gasteiger partial charge in [-0.25, -0.2) is 14.3 Å². The van der Waals surface area contributed by atoms with E-state index < -0.39 is 6.09 Å². The summed E-state index contributed by atoms with van der Waals surface area (Å²) in [5, 5.41) is 0. The average molecular weight is 166 g/mol. The lowest BCUT2D eigenvalue weighted by Crippen LogP contribution is -2.11. The molecule has 0 aromatic carbocycles. The highest BCUT2D eigenvalue weighted by molar-refractivity contribution is 5.70. The van der Waals surface area contributed by atoms with Crippen molar-refractivity contribution in [3.63, 3.8) is 0 Å². The summed E-state index contributed by atoms with van der Waals surface area (Å²) in [6, 6.07) is 0. The van der Waals surface area contributed by atoms with Gasteiger partial charge in [0.25, 0.3) is 0 Å². The van der Waals surface area contributed by atoms with Crippen molar-refractivity contribution in [1.82, 2.24) is 9.55 Å². The first-order chi connectivity index (χ1) is 5.84. The van der Waals surface area contributed by atoms with Crippen molar-refractivity contribution in [2.45, 2.75) is 6.92 Å². The first-order valence-corrected chi connectivity index (χ1v) is 3.61. The molecule has 0 saturated carbocycles. The highest BCUT2D eigenvalue weighted by atomic mass is 16.5. The molecule has 0 spiro atoms. The number of rotatable bonds is 2. The highest BCUT2D eigenvalue weighted by Gasteiger charge is 2.01. The van der Waals surface area contributed by atoms with Crippen molar-refractivity contribution in [2.24, 2.45) is 0 Å². The number of allylic oxidation sites excluding steroid dienone is 1. The Bertz CT molecular complexity index is 265. The van der Waals surface area contributed by atoms with Gasteiger partial charge < -0.3 is 4.74 Å². The van der Waals surface area contributed by atoms with Crippen LogP contribution in [0.15, 0.2) is 30.9 Å². The van der Waals surface area contributed by atoms with Gasteiger partial charge in [-0.2, -0.15) is 0 Å². The lowest BCUT2D eigenvalue weighted by atomic mass is 10.6. The van der Waals surface area contributed by atoms with E-state index in [1.807, 2.05) is 13.0 Å². The SMILES string of the molecule is C/C=C\COC(=O)n1ccnc1. The van der Waals surface area contributed by atoms with Crippen LogP contribution in [-0.2, 0) is 4.74 Å². The average Bonchev–Trinajstić information content (AvgIpc) is 2.56. The van der Waals surface area contributed by atoms with Crippen molar-refractivity contribution in [1.29, 1.82) is 0 Å². The molecule has 4 nitrogen and oxygen atoms in total. The molecular weight excluding hydrogens is 156 g/mol. The van der Waals surface area contributed by atoms with E-state index in [1.54, 1.807) is 6.08 Å². The van der Waals surface area contributed by atoms with Gasteiger partial charge in [0.15, 0.2) is 0 Å². The van der Waals surface area contributed by atoms with Gasteiger partial charge in [0.05, 0.1) is 0 Å². The number of ether oxygens (including phenoxy) is 1. The van der Waals surface area contributed by atoms with Gasteiger partial charge in [-0.3, -0.25) is 0 Å². The molecule has 12 heavy (non-hydrogen) atoms. The van der Waals surface area contributed by atoms with E-state index in [4.69, 9.17) is 4.74 Å². The third kappa shape index (κ3) is 2.23. The van der Waals surface area contributed by atoms with Crippen LogP contribution in [-0.4, -0.2) is 22.3 Å². The van der Waals surface area contributed by atoms with E-state index in [9.17, 15) is 4.79 Å². The Balaban J connectivity index is 2.40. The Hall–Kier alpha value is -1.58. The van der Waals surface area contributed by atoms with Crippen molar-refractivity contribution < 1.29 is 9.53 Å². The summed E-state index contributed by atoms with van der Waals surface area (Å²) in [5.41, 5.74) is 0. The molecule has 0 aliphatic carbocycles. The molecule has 4 heteroatoms. The van der Waals surface area contributed by atoms with Gasteiger partial charge in [-0.1, -0.05) is 12.2 Å². The predicted octanol–water partition coefficient (Wildman–Crippen LogP) is 1.44. The fourth-order valence-electron chi connectivity index (χ4n) is 0.657. The maximum Gasteiger partial charge on any atom is 0.419 e. The Kier molecular flexibility index (Phi) is 3.07. The maximum absolute atomic E-state index is 11.0. The molecule has 0 N–H and O–H groups in total. The third-order valence-electron chi connectivity index (χ3n) is 1.25. The number of imidazole rings is 1. The topological polar surface area (TPSA) is 44.1 Å². The summed E-state index contributed by atoms with van der Waals surface area (Å²) in [7, 11) is 0. The molecule has 0 radical (unpaired) electrons. The lowest BCUT2D eigenvalue weighted by molar-refractivity contribution is 0.160. The maximum atomic E-state index is 11.0. The second-order valence-corrected chi connectivity index (χ2v) is 2.12. The Morgan fingerprint density at radius 2 is 2.58 bits per heavy atom. The number of aromatic nitrogens is 2. The van der Waals surface area contributed by atoms with Gasteiger partial charge in [0.1, 0.15) is 12.9 Å². The van der Waals surface area contributed by atoms with Gasteiger partial charge in [-0.15, -0.1) is 0 Å². The predicted molar refractivity (Wildman–Crippen MR) is 43.8 cm³/mol. The van der Waals surface area contributed by atoms with Crippen molar-refractivity contribution in [2.75, 3.05) is 6.61 Å². The molecule has 0 unspecified atom stereocenters. The summed E-state index contributed by atoms with van der Waals surface area (Å²) in [6.45, 7) is 2.17. The zero-order chi connectivity index (χ0) is 8.81. The van der Waals surface area contributed by atoms with E-state index in [-0.39, 0.29) is 0 Å². The Labute approximate surface area is 70.5 Å². The van der Waals surface area contributed by atoms with Crippen molar-refractivity contribution in [3.05, 3.63) is 30.9 Å². The Morgan fingerprint density at radius 1 is 1.75 bits per heavy atom. The Morgan fingerprint density at radius 3 is 3.17 bits per heavy atom. The molecule has 1 rings (SSSR count). The molecule has 0 aliphatic rings. The molecule has 0 amide bonds. The van der Waals surface area contributed by atoms with Gasteiger partial charge in [0.2, 0.25) is 0 Å². The van der Waals surface area contributed by atoms with Crippen LogP contribution in [0.25, 0.3) is 0 Å². The largest absolute Gasteiger partial charge is 0.445 e. The molecule has 0 saturated heterocycles. The molecular formula is C8H10N2O2. The summed E-state index contributed by atoms with van der Waals surface area (Å²) in [6.07, 6.45) is 7.63. The zero-order valence-corrected chi connectivity index (χ0v) is 6.80. The smallest absolute Gasteiger partial charge is 0.419 e. The summed E-state index contributed by atoms with van der Waals surface area (Å²) < 4.78 is 6.11. The van der Waals surface area contributed by atoms with E-state index >= 15 is 0 Å². The molecule has 1 aromatic rings. The molecule has 1 heterocycles. The number of carbonyl (C=O) groups is 1. The molecule has 1 aromatic heterocycles. The van der Waals surface area contributed by atoms with Crippen LogP contribution in [0.5, 0.6) is 0 Å². The van der Waals surface area contributed by atoms with Crippen LogP contribution in [0.4, 0.5) is 4.79 Å². The number of hydrogen-bond acceptors (Lipinski definition) is 3. The molecule has 0 atom stereocenters. The lowest BCUT2D eigenvalue weighted by Gasteiger charge is -1.99. The van der Waals surface area contributed by atoms with E-state index in [1.165, 1.54) is 23.3 Å². The summed E-state index contributed by atoms with van der Waals surface area (Å²) >= 11 is 0. The second-order valence-electron chi connectivity index (χ2n) is 2.12. The van der Waals surface area contributed by atoms with Crippen molar-refractivity contribution in [3.8, 4) is 0 Å². The third-order valence-corrected chi connectivity index (χ3v) is 1.25. The van der Waals surface area contributed by atoms with Gasteiger partial charge >= 0.3 is 6.09 Å². The van der Waals surface area contributed by atoms with E-state index in [2.05, 4.69) is 4.98 Å². The summed E-state index contributed by atoms with van der Waals surface area (Å²) in [5.74, 6) is 0. The van der Waals surface area contributed by atoms with Crippen LogP contribution in [0, 0.1) is 0 Å². The van der Waals surface area contributed by atoms with E-state index in [0.29, 0.717) is 6.61 Å². The number of nitrogens with zero attached hydrogens (tertiary/aromatic N) is 2. The van der Waals surface area contributed by atoms with Gasteiger partial charge in [-0.05, 0) is 6.92 Å². The summed E-state index contributed by atoms with van der Waals surface area (Å²) in [4.78, 5) is 14.8. The molecule has 64 valence electrons. The number of hydrogen-bond donors (Lipinski definition) is 0. The van der Waals surface area contributed by atoms with Crippen LogP contribution in [0.3, 0.4) is 0 Å². The van der Waals surface area contributed by atoms with E-state index in [0.717, 1.165) is 0 Å². The van der Waals surface area contributed by atoms with Crippen LogP contribution < -0.4 is 0 Å². The first-order valence-electron chi connectivity index (χ1n) is 3.61. The van der Waals surface area contributed by atoms with Crippen LogP contribution >= 0.6 is 0 Å². The minimum absolute atomic E-state index is 0.299. The molecule has 0 fully saturated rings. The number of carbonyl (C=O) groups excluding carboxylic acids is 1. The zero-order valence-electron chi connectivity index (χ0n) is 6.80. The standard InChI is InChI=1S/C8H10N2O2/c1-2-3-6-12-8(11)10-5-4-9-7-10/h2-5,7H,6H2,1H3/b3-2-. The molecule has 0 bridgehead atoms. The van der Waals surface area contributed by atoms with Crippen LogP contribution in [0.1, 0.15) is 6.92 Å². The minimum atomic E-state index is -0.411. The highest BCUT2D eigenvalue weighted by Crippen LogP contribution is 1.89. The fourth-order valence-corrected chi connectivity index (χ4v) is 0.657. The fraction of sp³-hybridized carbons (Fsp3) is 0.250. The molecule has 0 aliphatic heterocycles. The quantitative estimate of drug-likeness (QED) is 0.624. The van der Waals surface area contributed by atoms with Gasteiger partial charge in [0, 0.05) is 12.4 Å². The minimum Gasteiger partial charge on any atom is -0.445 e. The first kappa shape index (κ1) is 8.52. The monoisotopic (exact) mass is 166 g/mol. The second kappa shape index (κ2) is 4.33. The van der Waals surface area contributed by atoms with Crippen LogP contribution in [0.2, 0.25) is 0 Å². The van der Waals surface area contributed by atoms with Crippen molar-refractivity contribution >= 4 is 6.09 Å².